The zero-order chi connectivity index (χ0) is 13.4. The van der Waals surface area contributed by atoms with E-state index in [1.54, 1.807) is 29.8 Å². The lowest BCUT2D eigenvalue weighted by Gasteiger charge is -2.03. The van der Waals surface area contributed by atoms with E-state index in [2.05, 4.69) is 20.6 Å². The Hall–Kier alpha value is -1.85. The predicted molar refractivity (Wildman–Crippen MR) is 75.8 cm³/mol. The minimum Gasteiger partial charge on any atom is -0.372 e. The van der Waals surface area contributed by atoms with Crippen LogP contribution in [0, 0.1) is 0 Å². The lowest BCUT2D eigenvalue weighted by atomic mass is 10.2. The highest BCUT2D eigenvalue weighted by molar-refractivity contribution is 6.35. The normalized spacial score (nSPS) is 10.9. The molecule has 19 heavy (non-hydrogen) atoms. The summed E-state index contributed by atoms with van der Waals surface area (Å²) in [5.41, 5.74) is 1.43. The van der Waals surface area contributed by atoms with Gasteiger partial charge in [0.2, 0.25) is 0 Å². The number of benzene rings is 1. The molecule has 2 aromatic heterocycles. The van der Waals surface area contributed by atoms with Gasteiger partial charge in [0.1, 0.15) is 5.82 Å². The first-order chi connectivity index (χ1) is 9.17. The molecule has 7 heteroatoms. The molecule has 0 bridgehead atoms. The van der Waals surface area contributed by atoms with Crippen LogP contribution in [0.5, 0.6) is 0 Å². The van der Waals surface area contributed by atoms with Crippen LogP contribution in [0.2, 0.25) is 10.0 Å². The first kappa shape index (κ1) is 12.2. The van der Waals surface area contributed by atoms with E-state index in [0.717, 1.165) is 11.4 Å². The molecule has 5 nitrogen and oxygen atoms in total. The highest BCUT2D eigenvalue weighted by atomic mass is 35.5. The van der Waals surface area contributed by atoms with Crippen LogP contribution in [-0.4, -0.2) is 26.9 Å². The zero-order valence-electron chi connectivity index (χ0n) is 9.93. The highest BCUT2D eigenvalue weighted by Gasteiger charge is 2.11. The summed E-state index contributed by atoms with van der Waals surface area (Å²) in [6.45, 7) is 0. The number of anilines is 1. The van der Waals surface area contributed by atoms with Gasteiger partial charge < -0.3 is 5.32 Å². The Labute approximate surface area is 119 Å². The molecule has 0 saturated carbocycles. The fourth-order valence-corrected chi connectivity index (χ4v) is 2.31. The summed E-state index contributed by atoms with van der Waals surface area (Å²) in [5.74, 6) is 1.32. The van der Waals surface area contributed by atoms with E-state index >= 15 is 0 Å². The summed E-state index contributed by atoms with van der Waals surface area (Å²) in [5, 5.41) is 16.6. The van der Waals surface area contributed by atoms with Gasteiger partial charge in [0.25, 0.3) is 0 Å². The van der Waals surface area contributed by atoms with E-state index in [9.17, 15) is 0 Å². The molecule has 0 radical (unpaired) electrons. The van der Waals surface area contributed by atoms with Crippen molar-refractivity contribution in [2.45, 2.75) is 0 Å². The molecular weight excluding hydrogens is 285 g/mol. The Morgan fingerprint density at radius 3 is 2.47 bits per heavy atom. The smallest absolute Gasteiger partial charge is 0.185 e. The molecule has 0 aliphatic heterocycles. The van der Waals surface area contributed by atoms with Crippen LogP contribution in [0.3, 0.4) is 0 Å². The minimum absolute atomic E-state index is 0.545. The van der Waals surface area contributed by atoms with Crippen molar-refractivity contribution in [2.24, 2.45) is 0 Å². The number of hydrogen-bond acceptors (Lipinski definition) is 4. The second kappa shape index (κ2) is 4.68. The van der Waals surface area contributed by atoms with Crippen molar-refractivity contribution < 1.29 is 0 Å². The Balaban J connectivity index is 2.24. The highest BCUT2D eigenvalue weighted by Crippen LogP contribution is 2.26. The van der Waals surface area contributed by atoms with Crippen LogP contribution in [0.1, 0.15) is 0 Å². The molecule has 96 valence electrons. The van der Waals surface area contributed by atoms with Gasteiger partial charge in [0, 0.05) is 22.7 Å². The third-order valence-corrected chi connectivity index (χ3v) is 3.08. The van der Waals surface area contributed by atoms with Gasteiger partial charge in [-0.1, -0.05) is 23.2 Å². The fraction of sp³-hybridized carbons (Fsp3) is 0.0833. The molecule has 1 aromatic carbocycles. The third kappa shape index (κ3) is 2.22. The van der Waals surface area contributed by atoms with Crippen molar-refractivity contribution in [3.05, 3.63) is 40.4 Å². The third-order valence-electron chi connectivity index (χ3n) is 2.64. The van der Waals surface area contributed by atoms with Crippen LogP contribution in [0.25, 0.3) is 17.0 Å². The van der Waals surface area contributed by atoms with Gasteiger partial charge in [-0.25, -0.2) is 0 Å². The molecule has 1 N–H and O–H groups in total. The first-order valence-corrected chi connectivity index (χ1v) is 6.29. The Kier molecular flexibility index (Phi) is 3.00. The van der Waals surface area contributed by atoms with Gasteiger partial charge in [-0.2, -0.15) is 4.52 Å². The Morgan fingerprint density at radius 2 is 1.79 bits per heavy atom. The van der Waals surface area contributed by atoms with Crippen molar-refractivity contribution in [1.29, 1.82) is 0 Å². The molecule has 2 heterocycles. The van der Waals surface area contributed by atoms with Gasteiger partial charge in [-0.05, 0) is 30.3 Å². The van der Waals surface area contributed by atoms with Gasteiger partial charge in [-0.3, -0.25) is 0 Å². The summed E-state index contributed by atoms with van der Waals surface area (Å²) in [4.78, 5) is 0. The number of halogens is 2. The van der Waals surface area contributed by atoms with E-state index in [1.165, 1.54) is 0 Å². The largest absolute Gasteiger partial charge is 0.372 e. The van der Waals surface area contributed by atoms with Crippen molar-refractivity contribution in [1.82, 2.24) is 19.8 Å². The van der Waals surface area contributed by atoms with E-state index in [1.807, 2.05) is 12.1 Å². The lowest BCUT2D eigenvalue weighted by molar-refractivity contribution is 0.938. The summed E-state index contributed by atoms with van der Waals surface area (Å²) in [6, 6.07) is 8.89. The topological polar surface area (TPSA) is 55.1 Å². The molecule has 3 rings (SSSR count). The molecule has 0 saturated heterocycles. The maximum Gasteiger partial charge on any atom is 0.185 e. The Morgan fingerprint density at radius 1 is 1.05 bits per heavy atom. The van der Waals surface area contributed by atoms with Crippen molar-refractivity contribution >= 4 is 34.7 Å². The molecule has 3 aromatic rings. The summed E-state index contributed by atoms with van der Waals surface area (Å²) < 4.78 is 1.65. The van der Waals surface area contributed by atoms with Crippen LogP contribution in [0.15, 0.2) is 30.3 Å². The van der Waals surface area contributed by atoms with Crippen molar-refractivity contribution in [3.63, 3.8) is 0 Å². The van der Waals surface area contributed by atoms with E-state index in [0.29, 0.717) is 21.5 Å². The standard InChI is InChI=1S/C12H9Cl2N5/c1-15-10-2-3-11-16-17-12(19(11)18-10)7-4-8(13)6-9(14)5-7/h2-6H,1H3,(H,15,18). The summed E-state index contributed by atoms with van der Waals surface area (Å²) in [6.07, 6.45) is 0. The maximum atomic E-state index is 6.00. The predicted octanol–water partition coefficient (Wildman–Crippen LogP) is 3.14. The first-order valence-electron chi connectivity index (χ1n) is 5.54. The number of rotatable bonds is 2. The van der Waals surface area contributed by atoms with Gasteiger partial charge >= 0.3 is 0 Å². The quantitative estimate of drug-likeness (QED) is 0.789. The van der Waals surface area contributed by atoms with Crippen LogP contribution in [-0.2, 0) is 0 Å². The molecule has 0 aliphatic rings. The van der Waals surface area contributed by atoms with Crippen molar-refractivity contribution in [3.8, 4) is 11.4 Å². The SMILES string of the molecule is CNc1ccc2nnc(-c3cc(Cl)cc(Cl)c3)n2n1. The molecule has 0 aliphatic carbocycles. The number of nitrogens with zero attached hydrogens (tertiary/aromatic N) is 4. The van der Waals surface area contributed by atoms with E-state index < -0.39 is 0 Å². The number of fused-ring (bicyclic) bond motifs is 1. The van der Waals surface area contributed by atoms with Gasteiger partial charge in [0.05, 0.1) is 0 Å². The molecule has 0 amide bonds. The molecule has 0 atom stereocenters. The Bertz CT molecular complexity index is 733. The second-order valence-corrected chi connectivity index (χ2v) is 4.79. The maximum absolute atomic E-state index is 6.00. The number of aromatic nitrogens is 4. The van der Waals surface area contributed by atoms with Gasteiger partial charge in [0.15, 0.2) is 11.5 Å². The van der Waals surface area contributed by atoms with E-state index in [4.69, 9.17) is 23.2 Å². The average molecular weight is 294 g/mol. The number of hydrogen-bond donors (Lipinski definition) is 1. The molecular formula is C12H9Cl2N5. The van der Waals surface area contributed by atoms with Crippen LogP contribution in [0.4, 0.5) is 5.82 Å². The zero-order valence-corrected chi connectivity index (χ0v) is 11.4. The fourth-order valence-electron chi connectivity index (χ4n) is 1.79. The monoisotopic (exact) mass is 293 g/mol. The van der Waals surface area contributed by atoms with Crippen LogP contribution < -0.4 is 5.32 Å². The van der Waals surface area contributed by atoms with Gasteiger partial charge in [-0.15, -0.1) is 15.3 Å². The second-order valence-electron chi connectivity index (χ2n) is 3.92. The van der Waals surface area contributed by atoms with Crippen molar-refractivity contribution in [2.75, 3.05) is 12.4 Å². The summed E-state index contributed by atoms with van der Waals surface area (Å²) >= 11 is 12.0. The lowest BCUT2D eigenvalue weighted by Crippen LogP contribution is -2.00. The minimum atomic E-state index is 0.545. The van der Waals surface area contributed by atoms with Crippen LogP contribution >= 0.6 is 23.2 Å². The molecule has 0 fully saturated rings. The molecule has 0 unspecified atom stereocenters. The summed E-state index contributed by atoms with van der Waals surface area (Å²) in [7, 11) is 1.80. The average Bonchev–Trinajstić information content (AvgIpc) is 2.80. The number of nitrogens with one attached hydrogen (secondary N) is 1. The van der Waals surface area contributed by atoms with E-state index in [-0.39, 0.29) is 0 Å². The molecule has 0 spiro atoms.